The van der Waals surface area contributed by atoms with Crippen LogP contribution in [0.3, 0.4) is 0 Å². The summed E-state index contributed by atoms with van der Waals surface area (Å²) in [5, 5.41) is 2.68. The summed E-state index contributed by atoms with van der Waals surface area (Å²) in [4.78, 5) is 23.9. The van der Waals surface area contributed by atoms with Crippen LogP contribution in [0.25, 0.3) is 6.08 Å². The van der Waals surface area contributed by atoms with Gasteiger partial charge in [0.25, 0.3) is 0 Å². The Morgan fingerprint density at radius 1 is 1.20 bits per heavy atom. The molecule has 0 unspecified atom stereocenters. The van der Waals surface area contributed by atoms with Crippen LogP contribution in [0.15, 0.2) is 53.0 Å². The Labute approximate surface area is 154 Å². The number of rotatable bonds is 6. The quantitative estimate of drug-likeness (QED) is 0.577. The van der Waals surface area contributed by atoms with Gasteiger partial charge in [0.2, 0.25) is 5.91 Å². The highest BCUT2D eigenvalue weighted by molar-refractivity contribution is 9.10. The molecule has 2 aromatic carbocycles. The third-order valence-corrected chi connectivity index (χ3v) is 3.77. The smallest absolute Gasteiger partial charge is 0.339 e. The first-order valence-electron chi connectivity index (χ1n) is 7.64. The lowest BCUT2D eigenvalue weighted by Gasteiger charge is -2.09. The maximum absolute atomic E-state index is 12.2. The van der Waals surface area contributed by atoms with Gasteiger partial charge in [0.05, 0.1) is 25.0 Å². The molecular weight excluding hydrogens is 386 g/mol. The molecule has 0 aliphatic heterocycles. The zero-order chi connectivity index (χ0) is 18.2. The van der Waals surface area contributed by atoms with Gasteiger partial charge >= 0.3 is 5.97 Å². The van der Waals surface area contributed by atoms with E-state index in [-0.39, 0.29) is 5.91 Å². The van der Waals surface area contributed by atoms with Crippen LogP contribution in [0.1, 0.15) is 22.8 Å². The summed E-state index contributed by atoms with van der Waals surface area (Å²) >= 11 is 3.40. The molecule has 130 valence electrons. The van der Waals surface area contributed by atoms with E-state index in [1.807, 2.05) is 25.1 Å². The van der Waals surface area contributed by atoms with Crippen molar-refractivity contribution in [1.29, 1.82) is 0 Å². The molecule has 2 aromatic rings. The molecule has 1 amide bonds. The Balaban J connectivity index is 2.17. The molecule has 0 radical (unpaired) electrons. The van der Waals surface area contributed by atoms with Crippen molar-refractivity contribution >= 4 is 39.6 Å². The van der Waals surface area contributed by atoms with Crippen LogP contribution < -0.4 is 10.1 Å². The Bertz CT molecular complexity index is 802. The summed E-state index contributed by atoms with van der Waals surface area (Å²) in [6.07, 6.45) is 3.05. The Morgan fingerprint density at radius 3 is 2.68 bits per heavy atom. The number of carbonyl (C=O) groups is 2. The molecule has 5 nitrogen and oxygen atoms in total. The zero-order valence-electron chi connectivity index (χ0n) is 13.9. The second-order valence-corrected chi connectivity index (χ2v) is 5.89. The van der Waals surface area contributed by atoms with E-state index in [1.54, 1.807) is 30.3 Å². The van der Waals surface area contributed by atoms with Gasteiger partial charge < -0.3 is 14.8 Å². The SMILES string of the molecule is CCOc1ccc(Br)cc1C=CC(=O)Nc1ccccc1C(=O)OC. The molecule has 6 heteroatoms. The standard InChI is InChI=1S/C19H18BrNO4/c1-3-25-17-10-9-14(20)12-13(17)8-11-18(22)21-16-7-5-4-6-15(16)19(23)24-2/h4-12H,3H2,1-2H3,(H,21,22). The van der Waals surface area contributed by atoms with Crippen molar-refractivity contribution in [2.45, 2.75) is 6.92 Å². The number of halogens is 1. The Kier molecular flexibility index (Phi) is 6.77. The molecule has 0 saturated carbocycles. The number of benzene rings is 2. The second-order valence-electron chi connectivity index (χ2n) is 4.97. The van der Waals surface area contributed by atoms with Crippen molar-refractivity contribution in [3.05, 3.63) is 64.1 Å². The fourth-order valence-electron chi connectivity index (χ4n) is 2.16. The van der Waals surface area contributed by atoms with Gasteiger partial charge in [0.15, 0.2) is 0 Å². The first-order chi connectivity index (χ1) is 12.0. The summed E-state index contributed by atoms with van der Waals surface area (Å²) < 4.78 is 11.1. The predicted octanol–water partition coefficient (Wildman–Crippen LogP) is 4.29. The number of carbonyl (C=O) groups excluding carboxylic acids is 2. The van der Waals surface area contributed by atoms with Gasteiger partial charge in [-0.15, -0.1) is 0 Å². The van der Waals surface area contributed by atoms with E-state index < -0.39 is 5.97 Å². The van der Waals surface area contributed by atoms with E-state index in [1.165, 1.54) is 13.2 Å². The number of amides is 1. The second kappa shape index (κ2) is 9.03. The average Bonchev–Trinajstić information content (AvgIpc) is 2.62. The number of anilines is 1. The predicted molar refractivity (Wildman–Crippen MR) is 101 cm³/mol. The highest BCUT2D eigenvalue weighted by Crippen LogP contribution is 2.24. The normalized spacial score (nSPS) is 10.5. The van der Waals surface area contributed by atoms with Gasteiger partial charge in [-0.3, -0.25) is 4.79 Å². The highest BCUT2D eigenvalue weighted by atomic mass is 79.9. The number of ether oxygens (including phenoxy) is 2. The average molecular weight is 404 g/mol. The third kappa shape index (κ3) is 5.19. The summed E-state index contributed by atoms with van der Waals surface area (Å²) in [7, 11) is 1.29. The van der Waals surface area contributed by atoms with Gasteiger partial charge in [-0.05, 0) is 43.3 Å². The fraction of sp³-hybridized carbons (Fsp3) is 0.158. The molecule has 0 aliphatic rings. The fourth-order valence-corrected chi connectivity index (χ4v) is 2.54. The number of esters is 1. The lowest BCUT2D eigenvalue weighted by molar-refractivity contribution is -0.111. The number of methoxy groups -OCH3 is 1. The van der Waals surface area contributed by atoms with Gasteiger partial charge in [-0.2, -0.15) is 0 Å². The van der Waals surface area contributed by atoms with Crippen LogP contribution in [0.4, 0.5) is 5.69 Å². The molecule has 0 fully saturated rings. The molecular formula is C19H18BrNO4. The molecule has 0 aromatic heterocycles. The molecule has 0 aliphatic carbocycles. The lowest BCUT2D eigenvalue weighted by Crippen LogP contribution is -2.12. The lowest BCUT2D eigenvalue weighted by atomic mass is 10.1. The highest BCUT2D eigenvalue weighted by Gasteiger charge is 2.12. The van der Waals surface area contributed by atoms with E-state index in [0.29, 0.717) is 23.6 Å². The maximum atomic E-state index is 12.2. The topological polar surface area (TPSA) is 64.6 Å². The molecule has 0 saturated heterocycles. The van der Waals surface area contributed by atoms with Crippen LogP contribution in [0, 0.1) is 0 Å². The molecule has 25 heavy (non-hydrogen) atoms. The number of hydrogen-bond acceptors (Lipinski definition) is 4. The van der Waals surface area contributed by atoms with Crippen molar-refractivity contribution in [1.82, 2.24) is 0 Å². The molecule has 2 rings (SSSR count). The third-order valence-electron chi connectivity index (χ3n) is 3.28. The van der Waals surface area contributed by atoms with Crippen LogP contribution in [-0.4, -0.2) is 25.6 Å². The van der Waals surface area contributed by atoms with Gasteiger partial charge in [-0.1, -0.05) is 28.1 Å². The maximum Gasteiger partial charge on any atom is 0.339 e. The number of nitrogens with one attached hydrogen (secondary N) is 1. The van der Waals surface area contributed by atoms with Crippen molar-refractivity contribution in [3.63, 3.8) is 0 Å². The van der Waals surface area contributed by atoms with Crippen LogP contribution in [0.2, 0.25) is 0 Å². The summed E-state index contributed by atoms with van der Waals surface area (Å²) in [5.74, 6) is -0.186. The minimum Gasteiger partial charge on any atom is -0.493 e. The molecule has 0 atom stereocenters. The van der Waals surface area contributed by atoms with Crippen LogP contribution in [0.5, 0.6) is 5.75 Å². The Morgan fingerprint density at radius 2 is 1.96 bits per heavy atom. The van der Waals surface area contributed by atoms with Gasteiger partial charge in [-0.25, -0.2) is 4.79 Å². The zero-order valence-corrected chi connectivity index (χ0v) is 15.5. The monoisotopic (exact) mass is 403 g/mol. The first-order valence-corrected chi connectivity index (χ1v) is 8.43. The summed E-state index contributed by atoms with van der Waals surface area (Å²) in [5.41, 5.74) is 1.46. The van der Waals surface area contributed by atoms with Crippen molar-refractivity contribution in [3.8, 4) is 5.75 Å². The van der Waals surface area contributed by atoms with E-state index in [4.69, 9.17) is 9.47 Å². The van der Waals surface area contributed by atoms with Crippen molar-refractivity contribution < 1.29 is 19.1 Å². The van der Waals surface area contributed by atoms with Crippen LogP contribution >= 0.6 is 15.9 Å². The molecule has 1 N–H and O–H groups in total. The Hall–Kier alpha value is -2.60. The van der Waals surface area contributed by atoms with Gasteiger partial charge in [0.1, 0.15) is 5.75 Å². The van der Waals surface area contributed by atoms with E-state index in [0.717, 1.165) is 10.0 Å². The van der Waals surface area contributed by atoms with E-state index >= 15 is 0 Å². The molecule has 0 bridgehead atoms. The summed E-state index contributed by atoms with van der Waals surface area (Å²) in [6, 6.07) is 12.2. The minimum atomic E-state index is -0.509. The largest absolute Gasteiger partial charge is 0.493 e. The van der Waals surface area contributed by atoms with Gasteiger partial charge in [0, 0.05) is 16.1 Å². The van der Waals surface area contributed by atoms with E-state index in [9.17, 15) is 9.59 Å². The number of hydrogen-bond donors (Lipinski definition) is 1. The van der Waals surface area contributed by atoms with Crippen LogP contribution in [-0.2, 0) is 9.53 Å². The van der Waals surface area contributed by atoms with Crippen molar-refractivity contribution in [2.75, 3.05) is 19.0 Å². The number of para-hydroxylation sites is 1. The van der Waals surface area contributed by atoms with Crippen molar-refractivity contribution in [2.24, 2.45) is 0 Å². The molecule has 0 heterocycles. The molecule has 0 spiro atoms. The van der Waals surface area contributed by atoms with E-state index in [2.05, 4.69) is 21.2 Å². The first kappa shape index (κ1) is 18.7. The summed E-state index contributed by atoms with van der Waals surface area (Å²) in [6.45, 7) is 2.42. The minimum absolute atomic E-state index is 0.296.